The van der Waals surface area contributed by atoms with Crippen molar-refractivity contribution in [1.29, 1.82) is 5.26 Å². The van der Waals surface area contributed by atoms with Crippen molar-refractivity contribution >= 4 is 21.8 Å². The number of fused-ring (bicyclic) bond motifs is 1. The first kappa shape index (κ1) is 14.2. The third-order valence-electron chi connectivity index (χ3n) is 3.10. The second kappa shape index (κ2) is 5.95. The third-order valence-corrected chi connectivity index (χ3v) is 4.06. The van der Waals surface area contributed by atoms with E-state index in [1.165, 1.54) is 0 Å². The van der Waals surface area contributed by atoms with Gasteiger partial charge in [-0.3, -0.25) is 9.19 Å². The normalized spacial score (nSPS) is 12.0. The van der Waals surface area contributed by atoms with Gasteiger partial charge < -0.3 is 9.72 Å². The van der Waals surface area contributed by atoms with Crippen LogP contribution in [0, 0.1) is 11.3 Å². The first-order chi connectivity index (χ1) is 10.7. The molecule has 0 amide bonds. The Bertz CT molecular complexity index is 865. The van der Waals surface area contributed by atoms with Crippen LogP contribution in [0.3, 0.4) is 0 Å². The van der Waals surface area contributed by atoms with E-state index in [1.807, 2.05) is 12.1 Å². The van der Waals surface area contributed by atoms with E-state index in [4.69, 9.17) is 10.00 Å². The van der Waals surface area contributed by atoms with E-state index in [9.17, 15) is 4.21 Å². The maximum absolute atomic E-state index is 12.0. The lowest BCUT2D eigenvalue weighted by Gasteiger charge is -2.08. The summed E-state index contributed by atoms with van der Waals surface area (Å²) in [6.45, 7) is -0.0502. The standard InChI is InChI=1S/C15H12N4O2S/c1-22(20)14-8-10(21-7-5-16)2-3-11(14)15-18-12-4-6-17-9-13(12)19-15/h2-4,6,8-9H,7H2,1H3,(H,18,19). The number of imidazole rings is 1. The molecule has 2 aromatic heterocycles. The molecular formula is C15H12N4O2S. The van der Waals surface area contributed by atoms with Crippen molar-refractivity contribution in [2.45, 2.75) is 4.90 Å². The predicted octanol–water partition coefficient (Wildman–Crippen LogP) is 2.26. The Morgan fingerprint density at radius 1 is 1.41 bits per heavy atom. The van der Waals surface area contributed by atoms with Gasteiger partial charge in [0.05, 0.1) is 32.9 Å². The topological polar surface area (TPSA) is 91.7 Å². The maximum atomic E-state index is 12.0. The summed E-state index contributed by atoms with van der Waals surface area (Å²) in [5, 5.41) is 8.56. The zero-order valence-electron chi connectivity index (χ0n) is 11.7. The maximum Gasteiger partial charge on any atom is 0.174 e. The van der Waals surface area contributed by atoms with Crippen LogP contribution in [0.15, 0.2) is 41.6 Å². The van der Waals surface area contributed by atoms with Crippen LogP contribution in [0.5, 0.6) is 5.75 Å². The highest BCUT2D eigenvalue weighted by molar-refractivity contribution is 7.84. The number of pyridine rings is 1. The Hall–Kier alpha value is -2.72. The SMILES string of the molecule is CS(=O)c1cc(OCC#N)ccc1-c1nc2ccncc2[nH]1. The molecule has 0 bridgehead atoms. The van der Waals surface area contributed by atoms with Crippen LogP contribution >= 0.6 is 0 Å². The van der Waals surface area contributed by atoms with Gasteiger partial charge >= 0.3 is 0 Å². The third kappa shape index (κ3) is 2.69. The molecule has 0 aliphatic rings. The molecule has 1 N–H and O–H groups in total. The molecule has 0 saturated carbocycles. The predicted molar refractivity (Wildman–Crippen MR) is 82.8 cm³/mol. The molecule has 0 saturated heterocycles. The minimum atomic E-state index is -1.22. The fourth-order valence-corrected chi connectivity index (χ4v) is 2.88. The zero-order chi connectivity index (χ0) is 15.5. The van der Waals surface area contributed by atoms with Gasteiger partial charge in [-0.1, -0.05) is 0 Å². The monoisotopic (exact) mass is 312 g/mol. The smallest absolute Gasteiger partial charge is 0.174 e. The van der Waals surface area contributed by atoms with E-state index in [-0.39, 0.29) is 6.61 Å². The summed E-state index contributed by atoms with van der Waals surface area (Å²) in [4.78, 5) is 12.3. The van der Waals surface area contributed by atoms with Crippen molar-refractivity contribution in [2.75, 3.05) is 12.9 Å². The van der Waals surface area contributed by atoms with Gasteiger partial charge in [-0.05, 0) is 24.3 Å². The average Bonchev–Trinajstić information content (AvgIpc) is 2.96. The molecule has 7 heteroatoms. The molecule has 0 spiro atoms. The average molecular weight is 312 g/mol. The lowest BCUT2D eigenvalue weighted by Crippen LogP contribution is -1.98. The molecule has 1 unspecified atom stereocenters. The minimum Gasteiger partial charge on any atom is -0.479 e. The number of aromatic nitrogens is 3. The molecule has 2 heterocycles. The van der Waals surface area contributed by atoms with Crippen LogP contribution in [0.25, 0.3) is 22.4 Å². The number of nitrogens with zero attached hydrogens (tertiary/aromatic N) is 3. The van der Waals surface area contributed by atoms with Crippen molar-refractivity contribution in [2.24, 2.45) is 0 Å². The molecule has 1 atom stereocenters. The van der Waals surface area contributed by atoms with Gasteiger partial charge in [-0.25, -0.2) is 4.98 Å². The highest BCUT2D eigenvalue weighted by Gasteiger charge is 2.14. The molecule has 1 aromatic carbocycles. The van der Waals surface area contributed by atoms with Crippen molar-refractivity contribution in [3.63, 3.8) is 0 Å². The summed E-state index contributed by atoms with van der Waals surface area (Å²) in [7, 11) is -1.22. The molecule has 6 nitrogen and oxygen atoms in total. The number of nitriles is 1. The van der Waals surface area contributed by atoms with Gasteiger partial charge in [0.2, 0.25) is 0 Å². The summed E-state index contributed by atoms with van der Waals surface area (Å²) >= 11 is 0. The zero-order valence-corrected chi connectivity index (χ0v) is 12.6. The number of nitrogens with one attached hydrogen (secondary N) is 1. The van der Waals surface area contributed by atoms with Crippen LogP contribution in [0.1, 0.15) is 0 Å². The van der Waals surface area contributed by atoms with Gasteiger partial charge in [0, 0.05) is 18.0 Å². The molecule has 3 aromatic rings. The number of benzene rings is 1. The van der Waals surface area contributed by atoms with Crippen molar-refractivity contribution in [1.82, 2.24) is 15.0 Å². The Kier molecular flexibility index (Phi) is 3.85. The van der Waals surface area contributed by atoms with Crippen LogP contribution in [-0.2, 0) is 10.8 Å². The van der Waals surface area contributed by atoms with Crippen molar-refractivity contribution in [3.8, 4) is 23.2 Å². The fraction of sp³-hybridized carbons (Fsp3) is 0.133. The summed E-state index contributed by atoms with van der Waals surface area (Å²) < 4.78 is 17.3. The molecule has 3 rings (SSSR count). The fourth-order valence-electron chi connectivity index (χ4n) is 2.13. The van der Waals surface area contributed by atoms with Crippen LogP contribution in [-0.4, -0.2) is 32.0 Å². The van der Waals surface area contributed by atoms with Crippen LogP contribution in [0.2, 0.25) is 0 Å². The highest BCUT2D eigenvalue weighted by Crippen LogP contribution is 2.29. The number of rotatable bonds is 4. The Morgan fingerprint density at radius 3 is 3.00 bits per heavy atom. The molecule has 22 heavy (non-hydrogen) atoms. The van der Waals surface area contributed by atoms with Gasteiger partial charge in [-0.2, -0.15) is 5.26 Å². The Labute approximate surface area is 129 Å². The summed E-state index contributed by atoms with van der Waals surface area (Å²) in [6, 6.07) is 8.90. The second-order valence-corrected chi connectivity index (χ2v) is 5.89. The quantitative estimate of drug-likeness (QED) is 0.798. The highest BCUT2D eigenvalue weighted by atomic mass is 32.2. The van der Waals surface area contributed by atoms with Crippen LogP contribution < -0.4 is 4.74 Å². The molecule has 0 radical (unpaired) electrons. The summed E-state index contributed by atoms with van der Waals surface area (Å²) in [5.41, 5.74) is 2.35. The van der Waals surface area contributed by atoms with E-state index in [1.54, 1.807) is 36.8 Å². The van der Waals surface area contributed by atoms with E-state index in [0.717, 1.165) is 16.6 Å². The Balaban J connectivity index is 2.09. The number of hydrogen-bond acceptors (Lipinski definition) is 5. The first-order valence-corrected chi connectivity index (χ1v) is 8.02. The summed E-state index contributed by atoms with van der Waals surface area (Å²) in [5.74, 6) is 1.13. The Morgan fingerprint density at radius 2 is 2.27 bits per heavy atom. The number of aromatic amines is 1. The lowest BCUT2D eigenvalue weighted by atomic mass is 10.2. The van der Waals surface area contributed by atoms with Gasteiger partial charge in [-0.15, -0.1) is 0 Å². The molecule has 0 aliphatic carbocycles. The molecule has 0 aliphatic heterocycles. The lowest BCUT2D eigenvalue weighted by molar-refractivity contribution is 0.367. The number of hydrogen-bond donors (Lipinski definition) is 1. The van der Waals surface area contributed by atoms with Crippen molar-refractivity contribution < 1.29 is 8.95 Å². The van der Waals surface area contributed by atoms with E-state index in [0.29, 0.717) is 16.5 Å². The number of ether oxygens (including phenoxy) is 1. The van der Waals surface area contributed by atoms with Gasteiger partial charge in [0.15, 0.2) is 6.61 Å². The van der Waals surface area contributed by atoms with Crippen LogP contribution in [0.4, 0.5) is 0 Å². The molecular weight excluding hydrogens is 300 g/mol. The second-order valence-electron chi connectivity index (χ2n) is 4.54. The van der Waals surface area contributed by atoms with Gasteiger partial charge in [0.25, 0.3) is 0 Å². The largest absolute Gasteiger partial charge is 0.479 e. The number of H-pyrrole nitrogens is 1. The van der Waals surface area contributed by atoms with Gasteiger partial charge in [0.1, 0.15) is 17.6 Å². The van der Waals surface area contributed by atoms with E-state index in [2.05, 4.69) is 15.0 Å². The molecule has 0 fully saturated rings. The first-order valence-electron chi connectivity index (χ1n) is 6.46. The van der Waals surface area contributed by atoms with E-state index >= 15 is 0 Å². The van der Waals surface area contributed by atoms with E-state index < -0.39 is 10.8 Å². The minimum absolute atomic E-state index is 0.0502. The molecule has 110 valence electrons. The summed E-state index contributed by atoms with van der Waals surface area (Å²) in [6.07, 6.45) is 4.96. The van der Waals surface area contributed by atoms with Crippen molar-refractivity contribution in [3.05, 3.63) is 36.7 Å².